The van der Waals surface area contributed by atoms with Crippen molar-refractivity contribution in [3.8, 4) is 5.75 Å². The molecule has 1 amide bonds. The van der Waals surface area contributed by atoms with Crippen LogP contribution in [-0.4, -0.2) is 28.8 Å². The number of carbonyl (C=O) groups is 1. The van der Waals surface area contributed by atoms with Crippen LogP contribution in [0.2, 0.25) is 0 Å². The predicted octanol–water partition coefficient (Wildman–Crippen LogP) is 2.55. The molecule has 0 saturated heterocycles. The number of rotatable bonds is 6. The van der Waals surface area contributed by atoms with Crippen LogP contribution in [0.5, 0.6) is 5.75 Å². The second-order valence-corrected chi connectivity index (χ2v) is 5.50. The first-order valence-corrected chi connectivity index (χ1v) is 7.63. The zero-order valence-electron chi connectivity index (χ0n) is 14.1. The fourth-order valence-corrected chi connectivity index (χ4v) is 2.30. The molecule has 0 aliphatic rings. The monoisotopic (exact) mass is 313 g/mol. The number of carbonyl (C=O) groups excluding carboxylic acids is 1. The Morgan fingerprint density at radius 2 is 2.13 bits per heavy atom. The van der Waals surface area contributed by atoms with E-state index < -0.39 is 0 Å². The summed E-state index contributed by atoms with van der Waals surface area (Å²) in [6.45, 7) is 6.82. The Morgan fingerprint density at radius 1 is 1.35 bits per heavy atom. The second kappa shape index (κ2) is 7.63. The van der Waals surface area contributed by atoms with Crippen LogP contribution in [0.3, 0.4) is 0 Å². The fraction of sp³-hybridized carbons (Fsp3) is 0.333. The van der Waals surface area contributed by atoms with Crippen molar-refractivity contribution in [3.05, 3.63) is 52.9 Å². The SMILES string of the molecule is Cc1cccc(OCCNC(=O)/C=C/c2c(C)nn(C)c2C)c1. The number of ether oxygens (including phenoxy) is 1. The van der Waals surface area contributed by atoms with Crippen LogP contribution in [0.25, 0.3) is 6.08 Å². The first-order valence-electron chi connectivity index (χ1n) is 7.63. The van der Waals surface area contributed by atoms with E-state index in [4.69, 9.17) is 4.74 Å². The van der Waals surface area contributed by atoms with Crippen molar-refractivity contribution in [1.29, 1.82) is 0 Å². The van der Waals surface area contributed by atoms with Gasteiger partial charge in [0, 0.05) is 24.4 Å². The lowest BCUT2D eigenvalue weighted by atomic mass is 10.2. The Bertz CT molecular complexity index is 717. The van der Waals surface area contributed by atoms with Crippen LogP contribution in [0.1, 0.15) is 22.5 Å². The maximum atomic E-state index is 11.8. The van der Waals surface area contributed by atoms with E-state index in [2.05, 4.69) is 10.4 Å². The lowest BCUT2D eigenvalue weighted by molar-refractivity contribution is -0.116. The van der Waals surface area contributed by atoms with Gasteiger partial charge in [0.15, 0.2) is 0 Å². The summed E-state index contributed by atoms with van der Waals surface area (Å²) in [5.41, 5.74) is 4.08. The molecular formula is C18H23N3O2. The average molecular weight is 313 g/mol. The molecule has 1 N–H and O–H groups in total. The van der Waals surface area contributed by atoms with E-state index in [9.17, 15) is 4.79 Å². The summed E-state index contributed by atoms with van der Waals surface area (Å²) < 4.78 is 7.40. The summed E-state index contributed by atoms with van der Waals surface area (Å²) in [6, 6.07) is 7.84. The molecule has 2 aromatic rings. The van der Waals surface area contributed by atoms with Crippen LogP contribution in [0, 0.1) is 20.8 Å². The fourth-order valence-electron chi connectivity index (χ4n) is 2.30. The number of aromatic nitrogens is 2. The number of hydrogen-bond acceptors (Lipinski definition) is 3. The maximum Gasteiger partial charge on any atom is 0.244 e. The summed E-state index contributed by atoms with van der Waals surface area (Å²) in [7, 11) is 1.89. The van der Waals surface area contributed by atoms with Gasteiger partial charge in [-0.05, 0) is 44.5 Å². The summed E-state index contributed by atoms with van der Waals surface area (Å²) in [5.74, 6) is 0.678. The lowest BCUT2D eigenvalue weighted by Crippen LogP contribution is -2.26. The number of nitrogens with zero attached hydrogens (tertiary/aromatic N) is 2. The van der Waals surface area contributed by atoms with Gasteiger partial charge >= 0.3 is 0 Å². The minimum Gasteiger partial charge on any atom is -0.492 e. The van der Waals surface area contributed by atoms with E-state index >= 15 is 0 Å². The highest BCUT2D eigenvalue weighted by molar-refractivity contribution is 5.91. The van der Waals surface area contributed by atoms with Gasteiger partial charge in [0.1, 0.15) is 12.4 Å². The molecule has 5 heteroatoms. The molecule has 0 fully saturated rings. The Morgan fingerprint density at radius 3 is 2.78 bits per heavy atom. The van der Waals surface area contributed by atoms with Crippen LogP contribution < -0.4 is 10.1 Å². The van der Waals surface area contributed by atoms with Crippen LogP contribution in [-0.2, 0) is 11.8 Å². The molecule has 0 bridgehead atoms. The van der Waals surface area contributed by atoms with Crippen molar-refractivity contribution in [3.63, 3.8) is 0 Å². The first kappa shape index (κ1) is 16.8. The molecule has 2 rings (SSSR count). The number of hydrogen-bond donors (Lipinski definition) is 1. The first-order chi connectivity index (χ1) is 11.0. The maximum absolute atomic E-state index is 11.8. The Hall–Kier alpha value is -2.56. The van der Waals surface area contributed by atoms with Gasteiger partial charge in [0.25, 0.3) is 0 Å². The Balaban J connectivity index is 1.78. The topological polar surface area (TPSA) is 56.1 Å². The standard InChI is InChI=1S/C18H23N3O2/c1-13-6-5-7-16(12-13)23-11-10-19-18(22)9-8-17-14(2)20-21(4)15(17)3/h5-9,12H,10-11H2,1-4H3,(H,19,22)/b9-8+. The molecule has 1 aromatic heterocycles. The van der Waals surface area contributed by atoms with E-state index in [1.54, 1.807) is 6.08 Å². The molecule has 5 nitrogen and oxygen atoms in total. The summed E-state index contributed by atoms with van der Waals surface area (Å²) in [4.78, 5) is 11.8. The number of amides is 1. The molecule has 0 aliphatic carbocycles. The zero-order chi connectivity index (χ0) is 16.8. The third kappa shape index (κ3) is 4.71. The van der Waals surface area contributed by atoms with Crippen molar-refractivity contribution in [2.75, 3.05) is 13.2 Å². The Labute approximate surface area is 137 Å². The molecule has 122 valence electrons. The minimum absolute atomic E-state index is 0.138. The minimum atomic E-state index is -0.138. The van der Waals surface area contributed by atoms with Gasteiger partial charge in [-0.25, -0.2) is 0 Å². The highest BCUT2D eigenvalue weighted by Gasteiger charge is 2.06. The third-order valence-electron chi connectivity index (χ3n) is 3.63. The van der Waals surface area contributed by atoms with Crippen molar-refractivity contribution in [2.24, 2.45) is 7.05 Å². The van der Waals surface area contributed by atoms with Gasteiger partial charge < -0.3 is 10.1 Å². The normalized spacial score (nSPS) is 11.0. The molecule has 0 saturated carbocycles. The summed E-state index contributed by atoms with van der Waals surface area (Å²) >= 11 is 0. The van der Waals surface area contributed by atoms with E-state index in [-0.39, 0.29) is 5.91 Å². The van der Waals surface area contributed by atoms with Crippen LogP contribution in [0.4, 0.5) is 0 Å². The largest absolute Gasteiger partial charge is 0.492 e. The number of nitrogens with one attached hydrogen (secondary N) is 1. The smallest absolute Gasteiger partial charge is 0.244 e. The van der Waals surface area contributed by atoms with Gasteiger partial charge in [0.05, 0.1) is 12.2 Å². The Kier molecular flexibility index (Phi) is 5.57. The average Bonchev–Trinajstić information content (AvgIpc) is 2.75. The van der Waals surface area contributed by atoms with Crippen molar-refractivity contribution >= 4 is 12.0 Å². The van der Waals surface area contributed by atoms with Gasteiger partial charge in [0.2, 0.25) is 5.91 Å². The summed E-state index contributed by atoms with van der Waals surface area (Å²) in [5, 5.41) is 7.12. The van der Waals surface area contributed by atoms with Crippen LogP contribution in [0.15, 0.2) is 30.3 Å². The van der Waals surface area contributed by atoms with Crippen molar-refractivity contribution in [2.45, 2.75) is 20.8 Å². The second-order valence-electron chi connectivity index (χ2n) is 5.50. The van der Waals surface area contributed by atoms with E-state index in [0.717, 1.165) is 28.3 Å². The molecule has 0 unspecified atom stereocenters. The van der Waals surface area contributed by atoms with Gasteiger partial charge in [-0.15, -0.1) is 0 Å². The molecule has 0 aliphatic heterocycles. The molecule has 23 heavy (non-hydrogen) atoms. The highest BCUT2D eigenvalue weighted by atomic mass is 16.5. The van der Waals surface area contributed by atoms with E-state index in [1.165, 1.54) is 6.08 Å². The quantitative estimate of drug-likeness (QED) is 0.659. The zero-order valence-corrected chi connectivity index (χ0v) is 14.1. The molecule has 0 atom stereocenters. The molecule has 0 spiro atoms. The molecule has 1 aromatic carbocycles. The third-order valence-corrected chi connectivity index (χ3v) is 3.63. The van der Waals surface area contributed by atoms with Gasteiger partial charge in [-0.1, -0.05) is 12.1 Å². The lowest BCUT2D eigenvalue weighted by Gasteiger charge is -2.07. The van der Waals surface area contributed by atoms with Gasteiger partial charge in [-0.2, -0.15) is 5.10 Å². The molecular weight excluding hydrogens is 290 g/mol. The van der Waals surface area contributed by atoms with Gasteiger partial charge in [-0.3, -0.25) is 9.48 Å². The van der Waals surface area contributed by atoms with Crippen LogP contribution >= 0.6 is 0 Å². The van der Waals surface area contributed by atoms with Crippen molar-refractivity contribution < 1.29 is 9.53 Å². The predicted molar refractivity (Wildman–Crippen MR) is 91.4 cm³/mol. The number of aryl methyl sites for hydroxylation is 3. The number of benzene rings is 1. The van der Waals surface area contributed by atoms with Crippen molar-refractivity contribution in [1.82, 2.24) is 15.1 Å². The molecule has 0 radical (unpaired) electrons. The highest BCUT2D eigenvalue weighted by Crippen LogP contribution is 2.13. The van der Waals surface area contributed by atoms with E-state index in [1.807, 2.05) is 56.8 Å². The summed E-state index contributed by atoms with van der Waals surface area (Å²) in [6.07, 6.45) is 3.33. The van der Waals surface area contributed by atoms with E-state index in [0.29, 0.717) is 13.2 Å². The molecule has 1 heterocycles.